The van der Waals surface area contributed by atoms with Crippen molar-refractivity contribution >= 4 is 29.6 Å². The zero-order chi connectivity index (χ0) is 9.73. The summed E-state index contributed by atoms with van der Waals surface area (Å²) in [4.78, 5) is 3.04. The highest BCUT2D eigenvalue weighted by molar-refractivity contribution is 8.01. The molecule has 0 bridgehead atoms. The summed E-state index contributed by atoms with van der Waals surface area (Å²) in [6.45, 7) is 3.57. The van der Waals surface area contributed by atoms with Gasteiger partial charge in [-0.05, 0) is 6.08 Å². The molecule has 1 aliphatic heterocycles. The normalized spacial score (nSPS) is 25.7. The van der Waals surface area contributed by atoms with E-state index in [0.29, 0.717) is 10.9 Å². The molecule has 0 saturated carbocycles. The summed E-state index contributed by atoms with van der Waals surface area (Å²) in [5.41, 5.74) is 0. The third kappa shape index (κ3) is 2.51. The second-order valence-electron chi connectivity index (χ2n) is 2.27. The Bertz CT molecular complexity index is 305. The van der Waals surface area contributed by atoms with Gasteiger partial charge in [0.2, 0.25) is 0 Å². The molecule has 0 fully saturated rings. The van der Waals surface area contributed by atoms with Gasteiger partial charge in [0.15, 0.2) is 0 Å². The molecule has 1 unspecified atom stereocenters. The average molecular weight is 214 g/mol. The molecule has 0 saturated heterocycles. The summed E-state index contributed by atoms with van der Waals surface area (Å²) >= 11 is 7.06. The molecule has 0 aliphatic carbocycles. The Morgan fingerprint density at radius 2 is 2.69 bits per heavy atom. The van der Waals surface area contributed by atoms with Gasteiger partial charge in [0, 0.05) is 12.0 Å². The zero-order valence-electron chi connectivity index (χ0n) is 6.83. The van der Waals surface area contributed by atoms with Crippen LogP contribution in [0.4, 0.5) is 0 Å². The third-order valence-electron chi connectivity index (χ3n) is 1.33. The lowest BCUT2D eigenvalue weighted by Crippen LogP contribution is -2.39. The van der Waals surface area contributed by atoms with E-state index in [1.807, 2.05) is 0 Å². The number of hydrogen-bond donors (Lipinski definition) is 1. The first-order valence-corrected chi connectivity index (χ1v) is 4.94. The molecule has 0 aromatic heterocycles. The number of aliphatic imine (C=N–C) groups is 1. The fourth-order valence-electron chi connectivity index (χ4n) is 0.785. The molecule has 5 heteroatoms. The molecule has 0 aromatic carbocycles. The van der Waals surface area contributed by atoms with Crippen molar-refractivity contribution in [2.24, 2.45) is 4.99 Å². The number of nitriles is 1. The van der Waals surface area contributed by atoms with Gasteiger partial charge in [0.05, 0.1) is 0 Å². The van der Waals surface area contributed by atoms with Crippen LogP contribution >= 0.6 is 23.4 Å². The maximum Gasteiger partial charge on any atom is 0.267 e. The van der Waals surface area contributed by atoms with E-state index in [-0.39, 0.29) is 0 Å². The van der Waals surface area contributed by atoms with Crippen LogP contribution in [0, 0.1) is 11.3 Å². The van der Waals surface area contributed by atoms with Crippen LogP contribution in [-0.4, -0.2) is 17.0 Å². The van der Waals surface area contributed by atoms with Crippen molar-refractivity contribution in [3.63, 3.8) is 0 Å². The van der Waals surface area contributed by atoms with E-state index in [0.717, 1.165) is 0 Å². The first-order valence-electron chi connectivity index (χ1n) is 3.58. The van der Waals surface area contributed by atoms with E-state index in [1.54, 1.807) is 12.2 Å². The second kappa shape index (κ2) is 4.35. The zero-order valence-corrected chi connectivity index (χ0v) is 8.40. The number of nitrogens with one attached hydrogen (secondary N) is 1. The minimum absolute atomic E-state index is 0.424. The molecule has 13 heavy (non-hydrogen) atoms. The van der Waals surface area contributed by atoms with Crippen molar-refractivity contribution in [2.75, 3.05) is 5.75 Å². The fourth-order valence-corrected chi connectivity index (χ4v) is 1.78. The molecule has 1 aliphatic rings. The van der Waals surface area contributed by atoms with E-state index in [4.69, 9.17) is 16.9 Å². The van der Waals surface area contributed by atoms with Crippen molar-refractivity contribution in [3.05, 3.63) is 23.9 Å². The molecule has 1 atom stereocenters. The SMILES string of the molecule is C=CCSC1(C#N)N=CC=C(Cl)N1. The molecule has 68 valence electrons. The molecular weight excluding hydrogens is 206 g/mol. The van der Waals surface area contributed by atoms with Crippen LogP contribution in [0.25, 0.3) is 0 Å². The van der Waals surface area contributed by atoms with Crippen LogP contribution in [0.15, 0.2) is 28.9 Å². The summed E-state index contributed by atoms with van der Waals surface area (Å²) in [5.74, 6) is 0.641. The van der Waals surface area contributed by atoms with Gasteiger partial charge in [0.25, 0.3) is 4.99 Å². The lowest BCUT2D eigenvalue weighted by atomic mass is 10.4. The summed E-state index contributed by atoms with van der Waals surface area (Å²) < 4.78 is 0. The molecule has 0 amide bonds. The van der Waals surface area contributed by atoms with Crippen LogP contribution in [0.1, 0.15) is 0 Å². The lowest BCUT2D eigenvalue weighted by Gasteiger charge is -2.24. The van der Waals surface area contributed by atoms with Crippen molar-refractivity contribution in [3.8, 4) is 6.07 Å². The third-order valence-corrected chi connectivity index (χ3v) is 2.67. The van der Waals surface area contributed by atoms with Gasteiger partial charge < -0.3 is 5.32 Å². The maximum atomic E-state index is 8.92. The number of nitrogens with zero attached hydrogens (tertiary/aromatic N) is 2. The van der Waals surface area contributed by atoms with E-state index < -0.39 is 4.99 Å². The van der Waals surface area contributed by atoms with Crippen molar-refractivity contribution in [1.29, 1.82) is 5.26 Å². The first-order chi connectivity index (χ1) is 6.22. The molecule has 0 radical (unpaired) electrons. The monoisotopic (exact) mass is 213 g/mol. The second-order valence-corrected chi connectivity index (χ2v) is 3.89. The Labute approximate surface area is 86.2 Å². The summed E-state index contributed by atoms with van der Waals surface area (Å²) in [6.07, 6.45) is 4.84. The molecule has 0 aromatic rings. The van der Waals surface area contributed by atoms with Gasteiger partial charge in [0.1, 0.15) is 11.2 Å². The van der Waals surface area contributed by atoms with E-state index >= 15 is 0 Å². The molecule has 1 heterocycles. The average Bonchev–Trinajstić information content (AvgIpc) is 2.15. The number of halogens is 1. The Hall–Kier alpha value is -0.920. The van der Waals surface area contributed by atoms with Gasteiger partial charge >= 0.3 is 0 Å². The maximum absolute atomic E-state index is 8.92. The molecule has 1 rings (SSSR count). The molecule has 1 N–H and O–H groups in total. The van der Waals surface area contributed by atoms with Crippen LogP contribution in [0.5, 0.6) is 0 Å². The van der Waals surface area contributed by atoms with Gasteiger partial charge in [-0.3, -0.25) is 0 Å². The quantitative estimate of drug-likeness (QED) is 0.575. The first kappa shape index (κ1) is 10.2. The molecular formula is C8H8ClN3S. The number of thioether (sulfide) groups is 1. The minimum atomic E-state index is -0.986. The van der Waals surface area contributed by atoms with Crippen LogP contribution in [-0.2, 0) is 0 Å². The Morgan fingerprint density at radius 3 is 3.23 bits per heavy atom. The van der Waals surface area contributed by atoms with Crippen LogP contribution in [0.3, 0.4) is 0 Å². The molecule has 0 spiro atoms. The minimum Gasteiger partial charge on any atom is -0.331 e. The van der Waals surface area contributed by atoms with Crippen molar-refractivity contribution in [2.45, 2.75) is 4.99 Å². The van der Waals surface area contributed by atoms with Gasteiger partial charge in [-0.2, -0.15) is 5.26 Å². The molecule has 3 nitrogen and oxygen atoms in total. The number of allylic oxidation sites excluding steroid dienone is 1. The Morgan fingerprint density at radius 1 is 1.92 bits per heavy atom. The Balaban J connectivity index is 2.73. The van der Waals surface area contributed by atoms with Gasteiger partial charge in [-0.1, -0.05) is 29.4 Å². The Kier molecular flexibility index (Phi) is 3.40. The predicted octanol–water partition coefficient (Wildman–Crippen LogP) is 1.84. The highest BCUT2D eigenvalue weighted by Crippen LogP contribution is 2.27. The largest absolute Gasteiger partial charge is 0.331 e. The summed E-state index contributed by atoms with van der Waals surface area (Å²) in [6, 6.07) is 2.06. The lowest BCUT2D eigenvalue weighted by molar-refractivity contribution is 0.676. The van der Waals surface area contributed by atoms with Crippen molar-refractivity contribution in [1.82, 2.24) is 5.32 Å². The topological polar surface area (TPSA) is 48.2 Å². The smallest absolute Gasteiger partial charge is 0.267 e. The summed E-state index contributed by atoms with van der Waals surface area (Å²) in [5, 5.41) is 12.1. The van der Waals surface area contributed by atoms with E-state index in [2.05, 4.69) is 23.0 Å². The predicted molar refractivity (Wildman–Crippen MR) is 56.6 cm³/mol. The number of rotatable bonds is 3. The van der Waals surface area contributed by atoms with E-state index in [1.165, 1.54) is 18.0 Å². The van der Waals surface area contributed by atoms with E-state index in [9.17, 15) is 0 Å². The number of hydrogen-bond acceptors (Lipinski definition) is 4. The highest BCUT2D eigenvalue weighted by Gasteiger charge is 2.30. The van der Waals surface area contributed by atoms with Crippen LogP contribution in [0.2, 0.25) is 0 Å². The van der Waals surface area contributed by atoms with Gasteiger partial charge in [-0.15, -0.1) is 6.58 Å². The standard InChI is InChI=1S/C8H8ClN3S/c1-2-5-13-8(6-10)11-4-3-7(9)12-8/h2-4,12H,1,5H2. The van der Waals surface area contributed by atoms with Crippen molar-refractivity contribution < 1.29 is 0 Å². The highest BCUT2D eigenvalue weighted by atomic mass is 35.5. The van der Waals surface area contributed by atoms with Gasteiger partial charge in [-0.25, -0.2) is 4.99 Å². The van der Waals surface area contributed by atoms with Crippen LogP contribution < -0.4 is 5.32 Å². The fraction of sp³-hybridized carbons (Fsp3) is 0.250. The summed E-state index contributed by atoms with van der Waals surface area (Å²) in [7, 11) is 0.